The van der Waals surface area contributed by atoms with Crippen molar-refractivity contribution in [3.63, 3.8) is 0 Å². The van der Waals surface area contributed by atoms with E-state index in [1.54, 1.807) is 13.0 Å². The van der Waals surface area contributed by atoms with Crippen molar-refractivity contribution in [3.05, 3.63) is 24.8 Å². The summed E-state index contributed by atoms with van der Waals surface area (Å²) >= 11 is 0. The van der Waals surface area contributed by atoms with Crippen LogP contribution < -0.4 is 0 Å². The number of Topliss-reactive ketones (excluding diaryl/α,β-unsaturated/α-hetero) is 1. The summed E-state index contributed by atoms with van der Waals surface area (Å²) in [4.78, 5) is 35.7. The first-order valence-electron chi connectivity index (χ1n) is 6.57. The van der Waals surface area contributed by atoms with Gasteiger partial charge in [0.15, 0.2) is 5.78 Å². The van der Waals surface area contributed by atoms with Crippen LogP contribution in [-0.4, -0.2) is 24.1 Å². The van der Waals surface area contributed by atoms with Crippen molar-refractivity contribution in [2.24, 2.45) is 5.41 Å². The van der Waals surface area contributed by atoms with Crippen molar-refractivity contribution in [1.29, 1.82) is 0 Å². The second-order valence-electron chi connectivity index (χ2n) is 4.67. The first-order valence-corrected chi connectivity index (χ1v) is 6.57. The fraction of sp³-hybridized carbons (Fsp3) is 0.533. The molecule has 1 unspecified atom stereocenters. The van der Waals surface area contributed by atoms with Crippen LogP contribution in [0.1, 0.15) is 39.0 Å². The normalized spacial score (nSPS) is 22.1. The fourth-order valence-electron chi connectivity index (χ4n) is 2.16. The van der Waals surface area contributed by atoms with E-state index in [9.17, 15) is 14.4 Å². The summed E-state index contributed by atoms with van der Waals surface area (Å²) in [6.45, 7) is 5.33. The van der Waals surface area contributed by atoms with E-state index >= 15 is 0 Å². The minimum Gasteiger partial charge on any atom is -0.461 e. The van der Waals surface area contributed by atoms with Crippen LogP contribution in [0.4, 0.5) is 0 Å². The summed E-state index contributed by atoms with van der Waals surface area (Å²) in [6, 6.07) is 0. The summed E-state index contributed by atoms with van der Waals surface area (Å²) in [6.07, 6.45) is 6.59. The molecule has 19 heavy (non-hydrogen) atoms. The van der Waals surface area contributed by atoms with Crippen molar-refractivity contribution >= 4 is 17.5 Å². The van der Waals surface area contributed by atoms with Crippen molar-refractivity contribution in [2.75, 3.05) is 6.61 Å². The van der Waals surface area contributed by atoms with Gasteiger partial charge in [0.1, 0.15) is 17.8 Å². The molecule has 0 N–H and O–H groups in total. The molecule has 4 heteroatoms. The Bertz CT molecular complexity index is 408. The van der Waals surface area contributed by atoms with E-state index < -0.39 is 11.4 Å². The molecule has 0 heterocycles. The molecule has 1 atom stereocenters. The molecule has 0 radical (unpaired) electrons. The van der Waals surface area contributed by atoms with E-state index in [1.807, 2.05) is 0 Å². The van der Waals surface area contributed by atoms with Crippen LogP contribution in [-0.2, 0) is 19.1 Å². The molecule has 0 aliphatic heterocycles. The molecule has 1 rings (SSSR count). The third-order valence-corrected chi connectivity index (χ3v) is 3.43. The van der Waals surface area contributed by atoms with Crippen molar-refractivity contribution in [1.82, 2.24) is 0 Å². The maximum absolute atomic E-state index is 12.2. The van der Waals surface area contributed by atoms with Crippen LogP contribution >= 0.6 is 0 Å². The van der Waals surface area contributed by atoms with Gasteiger partial charge in [0, 0.05) is 12.8 Å². The first kappa shape index (κ1) is 15.3. The molecule has 0 aromatic heterocycles. The van der Waals surface area contributed by atoms with E-state index in [4.69, 9.17) is 4.74 Å². The van der Waals surface area contributed by atoms with Crippen LogP contribution in [0.2, 0.25) is 0 Å². The van der Waals surface area contributed by atoms with Crippen LogP contribution in [0, 0.1) is 5.41 Å². The largest absolute Gasteiger partial charge is 0.461 e. The van der Waals surface area contributed by atoms with Gasteiger partial charge in [0.05, 0.1) is 0 Å². The van der Waals surface area contributed by atoms with Crippen LogP contribution in [0.15, 0.2) is 24.8 Å². The zero-order valence-electron chi connectivity index (χ0n) is 11.3. The van der Waals surface area contributed by atoms with Gasteiger partial charge in [-0.1, -0.05) is 25.7 Å². The summed E-state index contributed by atoms with van der Waals surface area (Å²) < 4.78 is 5.05. The number of rotatable bonds is 7. The lowest BCUT2D eigenvalue weighted by Gasteiger charge is -2.30. The van der Waals surface area contributed by atoms with Gasteiger partial charge in [0.2, 0.25) is 0 Å². The molecule has 0 fully saturated rings. The standard InChI is InChI=1S/C15H20O4/c1-3-11-19-14(18)15(10-8-12(16)4-2)9-6-5-7-13(15)17/h3,5,7H,1,4,6,8-11H2,2H3. The van der Waals surface area contributed by atoms with Gasteiger partial charge in [-0.05, 0) is 25.3 Å². The predicted octanol–water partition coefficient (Wildman–Crippen LogP) is 2.38. The summed E-state index contributed by atoms with van der Waals surface area (Å²) in [5.41, 5.74) is -1.18. The molecule has 0 bridgehead atoms. The SMILES string of the molecule is C=CCOC(=O)C1(CCC(=O)CC)CCC=CC1=O. The first-order chi connectivity index (χ1) is 9.06. The van der Waals surface area contributed by atoms with Gasteiger partial charge < -0.3 is 4.74 Å². The number of carbonyl (C=O) groups is 3. The van der Waals surface area contributed by atoms with Crippen molar-refractivity contribution in [2.45, 2.75) is 39.0 Å². The molecule has 1 aliphatic carbocycles. The number of hydrogen-bond acceptors (Lipinski definition) is 4. The summed E-state index contributed by atoms with van der Waals surface area (Å²) in [5, 5.41) is 0. The van der Waals surface area contributed by atoms with Crippen LogP contribution in [0.5, 0.6) is 0 Å². The number of hydrogen-bond donors (Lipinski definition) is 0. The van der Waals surface area contributed by atoms with E-state index in [-0.39, 0.29) is 31.0 Å². The Balaban J connectivity index is 2.86. The number of carbonyl (C=O) groups excluding carboxylic acids is 3. The summed E-state index contributed by atoms with van der Waals surface area (Å²) in [7, 11) is 0. The van der Waals surface area contributed by atoms with Gasteiger partial charge in [-0.25, -0.2) is 0 Å². The Morgan fingerprint density at radius 1 is 1.53 bits per heavy atom. The quantitative estimate of drug-likeness (QED) is 0.402. The smallest absolute Gasteiger partial charge is 0.320 e. The monoisotopic (exact) mass is 264 g/mol. The third-order valence-electron chi connectivity index (χ3n) is 3.43. The number of esters is 1. The minimum atomic E-state index is -1.18. The lowest BCUT2D eigenvalue weighted by atomic mass is 9.72. The molecule has 0 saturated carbocycles. The third kappa shape index (κ3) is 3.63. The average Bonchev–Trinajstić information content (AvgIpc) is 2.43. The molecule has 0 aromatic rings. The Hall–Kier alpha value is -1.71. The number of ether oxygens (including phenoxy) is 1. The Morgan fingerprint density at radius 3 is 2.84 bits per heavy atom. The molecule has 0 amide bonds. The van der Waals surface area contributed by atoms with E-state index in [1.165, 1.54) is 12.2 Å². The van der Waals surface area contributed by atoms with Crippen LogP contribution in [0.3, 0.4) is 0 Å². The maximum atomic E-state index is 12.2. The highest BCUT2D eigenvalue weighted by atomic mass is 16.5. The second kappa shape index (κ2) is 7.02. The van der Waals surface area contributed by atoms with Crippen molar-refractivity contribution in [3.8, 4) is 0 Å². The molecular weight excluding hydrogens is 244 g/mol. The van der Waals surface area contributed by atoms with Gasteiger partial charge in [-0.2, -0.15) is 0 Å². The van der Waals surface area contributed by atoms with Gasteiger partial charge in [0.25, 0.3) is 0 Å². The van der Waals surface area contributed by atoms with E-state index in [0.717, 1.165) is 0 Å². The van der Waals surface area contributed by atoms with Gasteiger partial charge in [-0.15, -0.1) is 0 Å². The minimum absolute atomic E-state index is 0.0539. The Morgan fingerprint density at radius 2 is 2.26 bits per heavy atom. The molecule has 4 nitrogen and oxygen atoms in total. The molecule has 104 valence electrons. The lowest BCUT2D eigenvalue weighted by molar-refractivity contribution is -0.159. The van der Waals surface area contributed by atoms with Gasteiger partial charge >= 0.3 is 5.97 Å². The lowest BCUT2D eigenvalue weighted by Crippen LogP contribution is -2.41. The highest BCUT2D eigenvalue weighted by Gasteiger charge is 2.46. The number of ketones is 2. The van der Waals surface area contributed by atoms with Gasteiger partial charge in [-0.3, -0.25) is 14.4 Å². The Kier molecular flexibility index (Phi) is 5.67. The number of allylic oxidation sites excluding steroid dienone is 2. The second-order valence-corrected chi connectivity index (χ2v) is 4.67. The van der Waals surface area contributed by atoms with Crippen LogP contribution in [0.25, 0.3) is 0 Å². The fourth-order valence-corrected chi connectivity index (χ4v) is 2.16. The maximum Gasteiger partial charge on any atom is 0.320 e. The highest BCUT2D eigenvalue weighted by molar-refractivity contribution is 6.10. The topological polar surface area (TPSA) is 60.4 Å². The predicted molar refractivity (Wildman–Crippen MR) is 71.5 cm³/mol. The molecule has 1 aliphatic rings. The molecule has 0 aromatic carbocycles. The zero-order valence-corrected chi connectivity index (χ0v) is 11.3. The molecule has 0 saturated heterocycles. The summed E-state index contributed by atoms with van der Waals surface area (Å²) in [5.74, 6) is -0.736. The zero-order chi connectivity index (χ0) is 14.3. The molecular formula is C15H20O4. The van der Waals surface area contributed by atoms with E-state index in [2.05, 4.69) is 6.58 Å². The van der Waals surface area contributed by atoms with E-state index in [0.29, 0.717) is 19.3 Å². The molecule has 0 spiro atoms. The highest BCUT2D eigenvalue weighted by Crippen LogP contribution is 2.36. The average molecular weight is 264 g/mol. The Labute approximate surface area is 113 Å². The van der Waals surface area contributed by atoms with Crippen molar-refractivity contribution < 1.29 is 19.1 Å².